The maximum absolute atomic E-state index is 13.5. The second kappa shape index (κ2) is 10.3. The van der Waals surface area contributed by atoms with E-state index in [1.807, 2.05) is 0 Å². The molecular formula is C26H21F4N3O5S. The Bertz CT molecular complexity index is 1620. The molecule has 1 atom stereocenters. The van der Waals surface area contributed by atoms with Crippen molar-refractivity contribution >= 4 is 26.9 Å². The average Bonchev–Trinajstić information content (AvgIpc) is 3.56. The van der Waals surface area contributed by atoms with Crippen molar-refractivity contribution in [2.75, 3.05) is 6.54 Å². The van der Waals surface area contributed by atoms with Gasteiger partial charge in [0.25, 0.3) is 10.0 Å². The first-order chi connectivity index (χ1) is 18.5. The van der Waals surface area contributed by atoms with Gasteiger partial charge in [0.15, 0.2) is 0 Å². The van der Waals surface area contributed by atoms with Crippen LogP contribution in [-0.2, 0) is 27.5 Å². The van der Waals surface area contributed by atoms with E-state index < -0.39 is 39.7 Å². The Morgan fingerprint density at radius 3 is 2.59 bits per heavy atom. The van der Waals surface area contributed by atoms with Gasteiger partial charge in [-0.25, -0.2) is 12.8 Å². The molecule has 1 aliphatic rings. The molecule has 4 aromatic rings. The Morgan fingerprint density at radius 1 is 1.08 bits per heavy atom. The summed E-state index contributed by atoms with van der Waals surface area (Å²) in [6.45, 7) is 0.212. The fraction of sp³-hybridized carbons (Fsp3) is 0.231. The van der Waals surface area contributed by atoms with E-state index in [0.29, 0.717) is 23.8 Å². The Kier molecular flexibility index (Phi) is 7.03. The SMILES string of the molecule is O=C(NCc1ccc(Oc2ccnc(C(F)(F)F)c2)cc1)[C@@H]1CCCN1S(=O)(=O)c1cc2cc(F)ccc2o1. The van der Waals surface area contributed by atoms with Gasteiger partial charge in [0.1, 0.15) is 34.6 Å². The number of nitrogens with one attached hydrogen (secondary N) is 1. The second-order valence-electron chi connectivity index (χ2n) is 8.86. The molecule has 1 N–H and O–H groups in total. The number of hydrogen-bond acceptors (Lipinski definition) is 6. The van der Waals surface area contributed by atoms with E-state index in [2.05, 4.69) is 10.3 Å². The number of hydrogen-bond donors (Lipinski definition) is 1. The van der Waals surface area contributed by atoms with Gasteiger partial charge in [-0.05, 0) is 54.8 Å². The normalized spacial score (nSPS) is 16.5. The van der Waals surface area contributed by atoms with Crippen molar-refractivity contribution in [2.24, 2.45) is 0 Å². The fourth-order valence-corrected chi connectivity index (χ4v) is 5.88. The van der Waals surface area contributed by atoms with Crippen LogP contribution in [0.2, 0.25) is 0 Å². The molecule has 3 heterocycles. The summed E-state index contributed by atoms with van der Waals surface area (Å²) in [5.41, 5.74) is -0.197. The molecule has 39 heavy (non-hydrogen) atoms. The molecule has 0 radical (unpaired) electrons. The monoisotopic (exact) mass is 563 g/mol. The van der Waals surface area contributed by atoms with E-state index in [4.69, 9.17) is 9.15 Å². The summed E-state index contributed by atoms with van der Waals surface area (Å²) in [5.74, 6) is -0.771. The minimum Gasteiger partial charge on any atom is -0.457 e. The summed E-state index contributed by atoms with van der Waals surface area (Å²) >= 11 is 0. The number of ether oxygens (including phenoxy) is 1. The number of fused-ring (bicyclic) bond motifs is 1. The summed E-state index contributed by atoms with van der Waals surface area (Å²) in [5, 5.41) is 2.65. The lowest BCUT2D eigenvalue weighted by Gasteiger charge is -2.22. The molecule has 0 bridgehead atoms. The van der Waals surface area contributed by atoms with Crippen LogP contribution in [0.5, 0.6) is 11.5 Å². The molecule has 13 heteroatoms. The molecule has 8 nitrogen and oxygen atoms in total. The third-order valence-electron chi connectivity index (χ3n) is 6.17. The average molecular weight is 564 g/mol. The number of pyridine rings is 1. The summed E-state index contributed by atoms with van der Waals surface area (Å²) in [7, 11) is -4.15. The van der Waals surface area contributed by atoms with Gasteiger partial charge in [-0.15, -0.1) is 0 Å². The molecule has 204 valence electrons. The highest BCUT2D eigenvalue weighted by molar-refractivity contribution is 7.89. The van der Waals surface area contributed by atoms with Gasteiger partial charge < -0.3 is 14.5 Å². The van der Waals surface area contributed by atoms with Crippen molar-refractivity contribution in [3.63, 3.8) is 0 Å². The maximum atomic E-state index is 13.5. The van der Waals surface area contributed by atoms with Gasteiger partial charge in [0.2, 0.25) is 11.0 Å². The largest absolute Gasteiger partial charge is 0.457 e. The number of amides is 1. The number of carbonyl (C=O) groups is 1. The number of rotatable bonds is 7. The van der Waals surface area contributed by atoms with Crippen molar-refractivity contribution < 1.29 is 39.9 Å². The van der Waals surface area contributed by atoms with E-state index in [0.717, 1.165) is 22.6 Å². The molecule has 0 aliphatic carbocycles. The quantitative estimate of drug-likeness (QED) is 0.309. The van der Waals surface area contributed by atoms with Crippen molar-refractivity contribution in [3.05, 3.63) is 83.9 Å². The number of sulfonamides is 1. The van der Waals surface area contributed by atoms with Crippen LogP contribution < -0.4 is 10.1 Å². The maximum Gasteiger partial charge on any atom is 0.433 e. The molecule has 1 aliphatic heterocycles. The number of nitrogens with zero attached hydrogens (tertiary/aromatic N) is 2. The number of aromatic nitrogens is 1. The smallest absolute Gasteiger partial charge is 0.433 e. The van der Waals surface area contributed by atoms with Gasteiger partial charge in [-0.3, -0.25) is 9.78 Å². The minimum atomic E-state index is -4.60. The molecule has 1 amide bonds. The van der Waals surface area contributed by atoms with Crippen molar-refractivity contribution in [3.8, 4) is 11.5 Å². The zero-order chi connectivity index (χ0) is 27.8. The van der Waals surface area contributed by atoms with E-state index in [1.54, 1.807) is 12.1 Å². The third-order valence-corrected chi connectivity index (χ3v) is 7.94. The summed E-state index contributed by atoms with van der Waals surface area (Å²) in [6.07, 6.45) is -2.80. The highest BCUT2D eigenvalue weighted by Gasteiger charge is 2.41. The first kappa shape index (κ1) is 26.6. The summed E-state index contributed by atoms with van der Waals surface area (Å²) in [6, 6.07) is 12.4. The highest BCUT2D eigenvalue weighted by Crippen LogP contribution is 2.32. The van der Waals surface area contributed by atoms with Crippen LogP contribution in [0.3, 0.4) is 0 Å². The van der Waals surface area contributed by atoms with E-state index in [1.165, 1.54) is 36.4 Å². The minimum absolute atomic E-state index is 0.0319. The van der Waals surface area contributed by atoms with Crippen LogP contribution in [0, 0.1) is 5.82 Å². The third kappa shape index (κ3) is 5.73. The predicted octanol–water partition coefficient (Wildman–Crippen LogP) is 5.25. The lowest BCUT2D eigenvalue weighted by atomic mass is 10.2. The van der Waals surface area contributed by atoms with Gasteiger partial charge in [0, 0.05) is 36.8 Å². The van der Waals surface area contributed by atoms with Crippen LogP contribution in [0.1, 0.15) is 24.1 Å². The number of carbonyl (C=O) groups excluding carboxylic acids is 1. The zero-order valence-electron chi connectivity index (χ0n) is 20.1. The lowest BCUT2D eigenvalue weighted by Crippen LogP contribution is -2.45. The molecule has 1 fully saturated rings. The molecule has 1 saturated heterocycles. The Labute approximate surface area is 220 Å². The Morgan fingerprint density at radius 2 is 1.85 bits per heavy atom. The van der Waals surface area contributed by atoms with Crippen molar-refractivity contribution in [1.29, 1.82) is 0 Å². The predicted molar refractivity (Wildman–Crippen MR) is 131 cm³/mol. The van der Waals surface area contributed by atoms with E-state index in [-0.39, 0.29) is 35.3 Å². The molecular weight excluding hydrogens is 542 g/mol. The Balaban J connectivity index is 1.22. The lowest BCUT2D eigenvalue weighted by molar-refractivity contribution is -0.141. The number of benzene rings is 2. The number of halogens is 4. The highest BCUT2D eigenvalue weighted by atomic mass is 32.2. The van der Waals surface area contributed by atoms with Crippen molar-refractivity contribution in [2.45, 2.75) is 36.7 Å². The molecule has 0 unspecified atom stereocenters. The number of furan rings is 1. The molecule has 0 saturated carbocycles. The summed E-state index contributed by atoms with van der Waals surface area (Å²) in [4.78, 5) is 16.2. The molecule has 0 spiro atoms. The van der Waals surface area contributed by atoms with Crippen LogP contribution in [0.15, 0.2) is 76.4 Å². The Hall–Kier alpha value is -3.97. The van der Waals surface area contributed by atoms with Gasteiger partial charge in [-0.2, -0.15) is 17.5 Å². The summed E-state index contributed by atoms with van der Waals surface area (Å²) < 4.78 is 90.5. The van der Waals surface area contributed by atoms with Crippen LogP contribution in [0.25, 0.3) is 11.0 Å². The van der Waals surface area contributed by atoms with Crippen LogP contribution >= 0.6 is 0 Å². The first-order valence-electron chi connectivity index (χ1n) is 11.8. The standard InChI is InChI=1S/C26H21F4N3O5S/c27-18-5-8-22-17(12-18)13-24(38-22)39(35,36)33-11-1-2-21(33)25(34)32-15-16-3-6-19(7-4-16)37-20-9-10-31-23(14-20)26(28,29)30/h3-10,12-14,21H,1-2,11,15H2,(H,32,34)/t21-/m0/s1. The van der Waals surface area contributed by atoms with E-state index in [9.17, 15) is 30.8 Å². The molecule has 5 rings (SSSR count). The second-order valence-corrected chi connectivity index (χ2v) is 10.7. The first-order valence-corrected chi connectivity index (χ1v) is 13.2. The van der Waals surface area contributed by atoms with Crippen molar-refractivity contribution in [1.82, 2.24) is 14.6 Å². The molecule has 2 aromatic carbocycles. The van der Waals surface area contributed by atoms with Crippen LogP contribution in [0.4, 0.5) is 17.6 Å². The topological polar surface area (TPSA) is 102 Å². The zero-order valence-corrected chi connectivity index (χ0v) is 20.9. The van der Waals surface area contributed by atoms with Gasteiger partial charge >= 0.3 is 6.18 Å². The fourth-order valence-electron chi connectivity index (χ4n) is 4.27. The van der Waals surface area contributed by atoms with E-state index >= 15 is 0 Å². The van der Waals surface area contributed by atoms with Crippen LogP contribution in [-0.4, -0.2) is 36.2 Å². The molecule has 2 aromatic heterocycles. The van der Waals surface area contributed by atoms with Gasteiger partial charge in [-0.1, -0.05) is 12.1 Å². The van der Waals surface area contributed by atoms with Gasteiger partial charge in [0.05, 0.1) is 0 Å². The number of alkyl halides is 3.